The number of rotatable bonds is 4. The Hall–Kier alpha value is -1.27. The van der Waals surface area contributed by atoms with Gasteiger partial charge in [0.25, 0.3) is 0 Å². The van der Waals surface area contributed by atoms with E-state index in [-0.39, 0.29) is 0 Å². The smallest absolute Gasteiger partial charge is 0.147 e. The molecule has 1 atom stereocenters. The van der Waals surface area contributed by atoms with Crippen LogP contribution in [0.5, 0.6) is 0 Å². The summed E-state index contributed by atoms with van der Waals surface area (Å²) >= 11 is 3.47. The molecule has 0 radical (unpaired) electrons. The van der Waals surface area contributed by atoms with Crippen molar-refractivity contribution in [2.75, 3.05) is 29.1 Å². The number of aromatic nitrogens is 2. The van der Waals surface area contributed by atoms with Gasteiger partial charge in [0.15, 0.2) is 0 Å². The number of pyridine rings is 1. The molecule has 0 saturated carbocycles. The number of thioether (sulfide) groups is 1. The molecule has 1 aliphatic rings. The molecule has 1 saturated heterocycles. The van der Waals surface area contributed by atoms with Crippen molar-refractivity contribution in [3.63, 3.8) is 0 Å². The van der Waals surface area contributed by atoms with Crippen LogP contribution in [-0.4, -0.2) is 27.4 Å². The Balaban J connectivity index is 1.78. The Bertz CT molecular complexity index is 535. The highest BCUT2D eigenvalue weighted by Gasteiger charge is 2.18. The van der Waals surface area contributed by atoms with Crippen molar-refractivity contribution < 1.29 is 0 Å². The molecule has 100 valence electrons. The first-order valence-corrected chi connectivity index (χ1v) is 8.24. The van der Waals surface area contributed by atoms with E-state index in [2.05, 4.69) is 14.7 Å². The summed E-state index contributed by atoms with van der Waals surface area (Å²) in [5.41, 5.74) is 8.00. The second-order valence-electron chi connectivity index (χ2n) is 4.62. The maximum absolute atomic E-state index is 5.98. The first kappa shape index (κ1) is 12.7. The van der Waals surface area contributed by atoms with E-state index < -0.39 is 0 Å². The van der Waals surface area contributed by atoms with Gasteiger partial charge in [-0.3, -0.25) is 4.98 Å². The number of nitrogens with zero attached hydrogens (tertiary/aromatic N) is 2. The molecule has 3 N–H and O–H groups in total. The minimum absolute atomic E-state index is 0.585. The molecule has 0 bridgehead atoms. The first-order valence-electron chi connectivity index (χ1n) is 6.32. The topological polar surface area (TPSA) is 63.8 Å². The second-order valence-corrected chi connectivity index (χ2v) is 6.55. The first-order chi connectivity index (χ1) is 9.34. The fourth-order valence-electron chi connectivity index (χ4n) is 2.19. The third-order valence-electron chi connectivity index (χ3n) is 3.24. The number of hydrogen-bond acceptors (Lipinski definition) is 6. The molecule has 1 fully saturated rings. The van der Waals surface area contributed by atoms with E-state index in [4.69, 9.17) is 5.73 Å². The van der Waals surface area contributed by atoms with E-state index in [0.717, 1.165) is 28.6 Å². The third-order valence-corrected chi connectivity index (χ3v) is 5.29. The average molecular weight is 292 g/mol. The van der Waals surface area contributed by atoms with Crippen molar-refractivity contribution in [2.24, 2.45) is 5.92 Å². The van der Waals surface area contributed by atoms with Gasteiger partial charge in [-0.15, -0.1) is 0 Å². The molecular weight excluding hydrogens is 276 g/mol. The average Bonchev–Trinajstić information content (AvgIpc) is 3.07. The molecule has 2 aromatic rings. The number of anilines is 2. The van der Waals surface area contributed by atoms with E-state index >= 15 is 0 Å². The summed E-state index contributed by atoms with van der Waals surface area (Å²) < 4.78 is 4.26. The zero-order valence-corrected chi connectivity index (χ0v) is 12.1. The van der Waals surface area contributed by atoms with Crippen LogP contribution < -0.4 is 11.1 Å². The molecule has 3 heterocycles. The molecule has 3 rings (SSSR count). The van der Waals surface area contributed by atoms with E-state index in [9.17, 15) is 0 Å². The fourth-order valence-corrected chi connectivity index (χ4v) is 4.22. The van der Waals surface area contributed by atoms with Crippen molar-refractivity contribution in [1.82, 2.24) is 9.36 Å². The lowest BCUT2D eigenvalue weighted by atomic mass is 10.1. The quantitative estimate of drug-likeness (QED) is 0.907. The van der Waals surface area contributed by atoms with E-state index in [1.54, 1.807) is 6.20 Å². The summed E-state index contributed by atoms with van der Waals surface area (Å²) in [6.45, 7) is 1.00. The van der Waals surface area contributed by atoms with Crippen molar-refractivity contribution >= 4 is 34.1 Å². The highest BCUT2D eigenvalue weighted by atomic mass is 32.2. The molecule has 19 heavy (non-hydrogen) atoms. The molecular formula is C13H16N4S2. The van der Waals surface area contributed by atoms with Crippen LogP contribution in [0.3, 0.4) is 0 Å². The van der Waals surface area contributed by atoms with Crippen LogP contribution in [-0.2, 0) is 0 Å². The Labute approximate surface area is 121 Å². The minimum Gasteiger partial charge on any atom is -0.382 e. The van der Waals surface area contributed by atoms with Gasteiger partial charge in [0.2, 0.25) is 0 Å². The molecule has 4 nitrogen and oxygen atoms in total. The van der Waals surface area contributed by atoms with Crippen LogP contribution in [0, 0.1) is 5.92 Å². The Morgan fingerprint density at radius 3 is 3.16 bits per heavy atom. The molecule has 6 heteroatoms. The fraction of sp³-hybridized carbons (Fsp3) is 0.385. The van der Waals surface area contributed by atoms with Crippen molar-refractivity contribution in [1.29, 1.82) is 0 Å². The number of nitrogens with one attached hydrogen (secondary N) is 1. The molecule has 1 aliphatic heterocycles. The van der Waals surface area contributed by atoms with Gasteiger partial charge in [-0.05, 0) is 41.4 Å². The maximum Gasteiger partial charge on any atom is 0.147 e. The van der Waals surface area contributed by atoms with E-state index in [1.807, 2.05) is 30.1 Å². The summed E-state index contributed by atoms with van der Waals surface area (Å²) in [6, 6.07) is 3.94. The number of hydrogen-bond donors (Lipinski definition) is 2. The van der Waals surface area contributed by atoms with Crippen molar-refractivity contribution in [3.8, 4) is 11.1 Å². The molecule has 0 aliphatic carbocycles. The molecule has 1 unspecified atom stereocenters. The van der Waals surface area contributed by atoms with Crippen LogP contribution in [0.25, 0.3) is 11.1 Å². The Morgan fingerprint density at radius 1 is 1.47 bits per heavy atom. The van der Waals surface area contributed by atoms with Gasteiger partial charge in [-0.25, -0.2) is 0 Å². The molecule has 0 amide bonds. The highest BCUT2D eigenvalue weighted by Crippen LogP contribution is 2.36. The summed E-state index contributed by atoms with van der Waals surface area (Å²) in [7, 11) is 0. The third kappa shape index (κ3) is 2.84. The van der Waals surface area contributed by atoms with Gasteiger partial charge in [0, 0.05) is 24.5 Å². The Morgan fingerprint density at radius 2 is 2.42 bits per heavy atom. The highest BCUT2D eigenvalue weighted by molar-refractivity contribution is 7.99. The lowest BCUT2D eigenvalue weighted by Crippen LogP contribution is -2.13. The van der Waals surface area contributed by atoms with E-state index in [1.165, 1.54) is 29.5 Å². The molecule has 2 aromatic heterocycles. The summed E-state index contributed by atoms with van der Waals surface area (Å²) in [4.78, 5) is 4.15. The molecule has 0 aromatic carbocycles. The standard InChI is InChI=1S/C13H16N4S2/c14-12-11(10-2-1-4-15-7-10)13(19-17-12)16-6-9-3-5-18-8-9/h1-2,4,7,9,16H,3,5-6,8H2,(H2,14,17). The van der Waals surface area contributed by atoms with Crippen LogP contribution in [0.15, 0.2) is 24.5 Å². The number of nitrogen functional groups attached to an aromatic ring is 1. The van der Waals surface area contributed by atoms with E-state index in [0.29, 0.717) is 5.82 Å². The predicted octanol–water partition coefficient (Wildman–Crippen LogP) is 2.95. The van der Waals surface area contributed by atoms with Gasteiger partial charge in [0.05, 0.1) is 5.56 Å². The zero-order chi connectivity index (χ0) is 13.1. The largest absolute Gasteiger partial charge is 0.382 e. The lowest BCUT2D eigenvalue weighted by molar-refractivity contribution is 0.633. The summed E-state index contributed by atoms with van der Waals surface area (Å²) in [5.74, 6) is 3.88. The van der Waals surface area contributed by atoms with Crippen LogP contribution in [0.4, 0.5) is 10.8 Å². The summed E-state index contributed by atoms with van der Waals surface area (Å²) in [5, 5.41) is 4.57. The van der Waals surface area contributed by atoms with Crippen LogP contribution >= 0.6 is 23.3 Å². The summed E-state index contributed by atoms with van der Waals surface area (Å²) in [6.07, 6.45) is 4.90. The normalized spacial score (nSPS) is 18.6. The van der Waals surface area contributed by atoms with Crippen molar-refractivity contribution in [2.45, 2.75) is 6.42 Å². The van der Waals surface area contributed by atoms with Crippen molar-refractivity contribution in [3.05, 3.63) is 24.5 Å². The monoisotopic (exact) mass is 292 g/mol. The SMILES string of the molecule is Nc1nsc(NCC2CCSC2)c1-c1cccnc1. The minimum atomic E-state index is 0.585. The maximum atomic E-state index is 5.98. The number of nitrogens with two attached hydrogens (primary N) is 1. The Kier molecular flexibility index (Phi) is 3.89. The lowest BCUT2D eigenvalue weighted by Gasteiger charge is -2.11. The van der Waals surface area contributed by atoms with Gasteiger partial charge in [0.1, 0.15) is 10.8 Å². The predicted molar refractivity (Wildman–Crippen MR) is 83.7 cm³/mol. The van der Waals surface area contributed by atoms with Crippen LogP contribution in [0.1, 0.15) is 6.42 Å². The van der Waals surface area contributed by atoms with Crippen LogP contribution in [0.2, 0.25) is 0 Å². The van der Waals surface area contributed by atoms with Gasteiger partial charge in [-0.2, -0.15) is 16.1 Å². The van der Waals surface area contributed by atoms with Gasteiger partial charge in [-0.1, -0.05) is 6.07 Å². The van der Waals surface area contributed by atoms with Gasteiger partial charge >= 0.3 is 0 Å². The molecule has 0 spiro atoms. The zero-order valence-electron chi connectivity index (χ0n) is 10.5. The second kappa shape index (κ2) is 5.79. The van der Waals surface area contributed by atoms with Gasteiger partial charge < -0.3 is 11.1 Å².